The van der Waals surface area contributed by atoms with E-state index >= 15 is 0 Å². The second-order valence-corrected chi connectivity index (χ2v) is 7.17. The Balaban J connectivity index is 1.80. The molecule has 0 aliphatic rings. The van der Waals surface area contributed by atoms with Crippen LogP contribution in [0.2, 0.25) is 0 Å². The normalized spacial score (nSPS) is 10.8. The number of ether oxygens (including phenoxy) is 2. The molecule has 30 heavy (non-hydrogen) atoms. The van der Waals surface area contributed by atoms with Crippen LogP contribution in [0.15, 0.2) is 53.1 Å². The fourth-order valence-corrected chi connectivity index (χ4v) is 3.10. The van der Waals surface area contributed by atoms with Crippen LogP contribution in [0.5, 0.6) is 0 Å². The minimum absolute atomic E-state index is 0.111. The molecule has 0 saturated heterocycles. The molecule has 0 saturated carbocycles. The van der Waals surface area contributed by atoms with Gasteiger partial charge in [-0.1, -0.05) is 41.6 Å². The van der Waals surface area contributed by atoms with Crippen LogP contribution in [0.1, 0.15) is 42.4 Å². The van der Waals surface area contributed by atoms with Crippen molar-refractivity contribution >= 4 is 11.9 Å². The van der Waals surface area contributed by atoms with Crippen molar-refractivity contribution in [3.05, 3.63) is 65.4 Å². The molecular formula is C24H25NO5. The first-order chi connectivity index (χ1) is 14.4. The van der Waals surface area contributed by atoms with Gasteiger partial charge in [-0.05, 0) is 51.0 Å². The summed E-state index contributed by atoms with van der Waals surface area (Å²) in [7, 11) is 0. The van der Waals surface area contributed by atoms with Crippen molar-refractivity contribution in [2.24, 2.45) is 0 Å². The summed E-state index contributed by atoms with van der Waals surface area (Å²) in [5.74, 6) is -0.0723. The fourth-order valence-electron chi connectivity index (χ4n) is 3.10. The van der Waals surface area contributed by atoms with Gasteiger partial charge in [0.2, 0.25) is 0 Å². The fraction of sp³-hybridized carbons (Fsp3) is 0.292. The first-order valence-corrected chi connectivity index (χ1v) is 9.91. The number of nitrogens with zero attached hydrogens (tertiary/aromatic N) is 1. The summed E-state index contributed by atoms with van der Waals surface area (Å²) in [6, 6.07) is 15.0. The van der Waals surface area contributed by atoms with Crippen LogP contribution >= 0.6 is 0 Å². The number of hydrogen-bond acceptors (Lipinski definition) is 6. The highest BCUT2D eigenvalue weighted by atomic mass is 16.5. The van der Waals surface area contributed by atoms with E-state index < -0.39 is 0 Å². The largest absolute Gasteiger partial charge is 0.463 e. The molecule has 2 aromatic carbocycles. The first-order valence-electron chi connectivity index (χ1n) is 9.91. The summed E-state index contributed by atoms with van der Waals surface area (Å²) in [4.78, 5) is 23.9. The lowest BCUT2D eigenvalue weighted by Gasteiger charge is -2.08. The van der Waals surface area contributed by atoms with Gasteiger partial charge in [-0.3, -0.25) is 4.79 Å². The molecule has 0 fully saturated rings. The number of aromatic nitrogens is 1. The van der Waals surface area contributed by atoms with Crippen molar-refractivity contribution < 1.29 is 23.6 Å². The molecular weight excluding hydrogens is 382 g/mol. The van der Waals surface area contributed by atoms with Crippen molar-refractivity contribution in [3.63, 3.8) is 0 Å². The number of carbonyl (C=O) groups excluding carboxylic acids is 2. The minimum Gasteiger partial charge on any atom is -0.463 e. The Morgan fingerprint density at radius 3 is 2.10 bits per heavy atom. The predicted molar refractivity (Wildman–Crippen MR) is 113 cm³/mol. The maximum absolute atomic E-state index is 12.1. The summed E-state index contributed by atoms with van der Waals surface area (Å²) in [6.45, 7) is 7.57. The molecule has 3 rings (SSSR count). The molecule has 0 bridgehead atoms. The van der Waals surface area contributed by atoms with Crippen molar-refractivity contribution in [1.29, 1.82) is 0 Å². The molecule has 0 amide bonds. The zero-order valence-electron chi connectivity index (χ0n) is 17.6. The average Bonchev–Trinajstić information content (AvgIpc) is 3.08. The van der Waals surface area contributed by atoms with E-state index in [1.807, 2.05) is 57.2 Å². The van der Waals surface area contributed by atoms with E-state index in [9.17, 15) is 9.59 Å². The monoisotopic (exact) mass is 407 g/mol. The third-order valence-electron chi connectivity index (χ3n) is 4.55. The predicted octanol–water partition coefficient (Wildman–Crippen LogP) is 4.99. The molecule has 0 unspecified atom stereocenters. The molecule has 6 heteroatoms. The van der Waals surface area contributed by atoms with Crippen molar-refractivity contribution in [3.8, 4) is 22.5 Å². The lowest BCUT2D eigenvalue weighted by Crippen LogP contribution is -2.14. The Labute approximate surface area is 175 Å². The zero-order valence-corrected chi connectivity index (χ0v) is 17.6. The molecule has 0 aliphatic carbocycles. The molecule has 0 spiro atoms. The van der Waals surface area contributed by atoms with Gasteiger partial charge in [0.25, 0.3) is 0 Å². The van der Waals surface area contributed by atoms with Gasteiger partial charge in [0.1, 0.15) is 0 Å². The van der Waals surface area contributed by atoms with Gasteiger partial charge in [-0.25, -0.2) is 4.79 Å². The molecule has 1 heterocycles. The molecule has 1 aromatic heterocycles. The van der Waals surface area contributed by atoms with E-state index in [0.29, 0.717) is 23.6 Å². The number of carbonyl (C=O) groups is 2. The van der Waals surface area contributed by atoms with Crippen molar-refractivity contribution in [2.75, 3.05) is 6.61 Å². The van der Waals surface area contributed by atoms with E-state index in [1.165, 1.54) is 0 Å². The van der Waals surface area contributed by atoms with Crippen LogP contribution in [-0.2, 0) is 20.7 Å². The highest BCUT2D eigenvalue weighted by molar-refractivity contribution is 5.90. The van der Waals surface area contributed by atoms with Gasteiger partial charge in [-0.2, -0.15) is 0 Å². The summed E-state index contributed by atoms with van der Waals surface area (Å²) in [5.41, 5.74) is 4.72. The number of hydrogen-bond donors (Lipinski definition) is 0. The zero-order chi connectivity index (χ0) is 21.7. The van der Waals surface area contributed by atoms with E-state index in [1.54, 1.807) is 19.1 Å². The quantitative estimate of drug-likeness (QED) is 0.514. The lowest BCUT2D eigenvalue weighted by molar-refractivity contribution is -0.146. The third-order valence-corrected chi connectivity index (χ3v) is 4.55. The van der Waals surface area contributed by atoms with E-state index in [4.69, 9.17) is 14.0 Å². The van der Waals surface area contributed by atoms with Crippen molar-refractivity contribution in [1.82, 2.24) is 5.16 Å². The Hall–Kier alpha value is -3.41. The summed E-state index contributed by atoms with van der Waals surface area (Å²) >= 11 is 0. The number of rotatable bonds is 7. The van der Waals surface area contributed by atoms with E-state index in [0.717, 1.165) is 22.3 Å². The summed E-state index contributed by atoms with van der Waals surface area (Å²) < 4.78 is 15.7. The maximum Gasteiger partial charge on any atom is 0.338 e. The average molecular weight is 407 g/mol. The second-order valence-electron chi connectivity index (χ2n) is 7.17. The van der Waals surface area contributed by atoms with Crippen molar-refractivity contribution in [2.45, 2.75) is 40.2 Å². The second kappa shape index (κ2) is 9.39. The van der Waals surface area contributed by atoms with Crippen LogP contribution in [0.4, 0.5) is 0 Å². The van der Waals surface area contributed by atoms with Crippen LogP contribution < -0.4 is 0 Å². The maximum atomic E-state index is 12.1. The van der Waals surface area contributed by atoms with Crippen LogP contribution in [0, 0.1) is 6.92 Å². The molecule has 0 atom stereocenters. The Morgan fingerprint density at radius 1 is 0.967 bits per heavy atom. The SMILES string of the molecule is CCOC(=O)c1ccc(-c2ccc(-c3onc(C)c3CC(=O)OC(C)C)cc2)cc1. The summed E-state index contributed by atoms with van der Waals surface area (Å²) in [6.07, 6.45) is -0.0597. The lowest BCUT2D eigenvalue weighted by atomic mass is 9.99. The number of benzene rings is 2. The van der Waals surface area contributed by atoms with E-state index in [-0.39, 0.29) is 24.5 Å². The smallest absolute Gasteiger partial charge is 0.338 e. The molecule has 156 valence electrons. The van der Waals surface area contributed by atoms with Gasteiger partial charge < -0.3 is 14.0 Å². The molecule has 3 aromatic rings. The standard InChI is InChI=1S/C24H25NO5/c1-5-28-24(27)20-12-8-18(9-13-20)17-6-10-19(11-7-17)23-21(16(4)25-30-23)14-22(26)29-15(2)3/h6-13,15H,5,14H2,1-4H3. The Morgan fingerprint density at radius 2 is 1.53 bits per heavy atom. The van der Waals surface area contributed by atoms with Crippen LogP contribution in [0.3, 0.4) is 0 Å². The molecule has 6 nitrogen and oxygen atoms in total. The molecule has 0 radical (unpaired) electrons. The van der Waals surface area contributed by atoms with E-state index in [2.05, 4.69) is 5.16 Å². The molecule has 0 N–H and O–H groups in total. The number of aryl methyl sites for hydroxylation is 1. The molecule has 0 aliphatic heterocycles. The summed E-state index contributed by atoms with van der Waals surface area (Å²) in [5, 5.41) is 4.02. The Kier molecular flexibility index (Phi) is 6.67. The van der Waals surface area contributed by atoms with Gasteiger partial charge in [0.15, 0.2) is 5.76 Å². The first kappa shape index (κ1) is 21.3. The highest BCUT2D eigenvalue weighted by Gasteiger charge is 2.19. The van der Waals surface area contributed by atoms with Crippen LogP contribution in [0.25, 0.3) is 22.5 Å². The Bertz CT molecular complexity index is 1020. The van der Waals surface area contributed by atoms with Gasteiger partial charge in [0.05, 0.1) is 30.4 Å². The minimum atomic E-state index is -0.330. The highest BCUT2D eigenvalue weighted by Crippen LogP contribution is 2.29. The third kappa shape index (κ3) is 4.95. The topological polar surface area (TPSA) is 78.6 Å². The van der Waals surface area contributed by atoms with Gasteiger partial charge in [0, 0.05) is 11.1 Å². The van der Waals surface area contributed by atoms with Gasteiger partial charge >= 0.3 is 11.9 Å². The number of esters is 2. The van der Waals surface area contributed by atoms with Gasteiger partial charge in [-0.15, -0.1) is 0 Å². The van der Waals surface area contributed by atoms with Crippen LogP contribution in [-0.4, -0.2) is 29.8 Å².